The molecule has 4 aromatic heterocycles. The predicted molar refractivity (Wildman–Crippen MR) is 138 cm³/mol. The molecule has 4 aromatic carbocycles. The SMILES string of the molecule is C=Cc1c(C=C)n2c3ccccc3c3c4c5ccccc5n5c6ccccc6c(c1c32)c45. The summed E-state index contributed by atoms with van der Waals surface area (Å²) in [6.07, 6.45) is 3.98. The molecule has 2 nitrogen and oxygen atoms in total. The highest BCUT2D eigenvalue weighted by atomic mass is 14.9. The molecule has 0 radical (unpaired) electrons. The Labute approximate surface area is 183 Å². The smallest absolute Gasteiger partial charge is 0.0634 e. The standard InChI is InChI=1S/C30H18N2/c1-3-17-21(4-2)31-22-14-8-5-11-18(22)27-28-20-13-7-10-16-24(20)32-23-15-9-6-12-19(23)26(30(28)32)25(17)29(27)31/h3-16H,1-2H2. The first kappa shape index (κ1) is 16.4. The van der Waals surface area contributed by atoms with Crippen LogP contribution in [0.1, 0.15) is 11.3 Å². The summed E-state index contributed by atoms with van der Waals surface area (Å²) in [5.74, 6) is 0. The van der Waals surface area contributed by atoms with Crippen LogP contribution in [0.5, 0.6) is 0 Å². The fraction of sp³-hybridized carbons (Fsp3) is 0. The molecule has 4 heterocycles. The predicted octanol–water partition coefficient (Wildman–Crippen LogP) is 8.12. The molecule has 0 saturated carbocycles. The van der Waals surface area contributed by atoms with Crippen molar-refractivity contribution in [1.29, 1.82) is 0 Å². The van der Waals surface area contributed by atoms with Crippen molar-refractivity contribution >= 4 is 77.4 Å². The van der Waals surface area contributed by atoms with Crippen LogP contribution in [0.25, 0.3) is 77.4 Å². The third-order valence-electron chi connectivity index (χ3n) is 7.32. The first-order valence-electron chi connectivity index (χ1n) is 11.0. The van der Waals surface area contributed by atoms with E-state index in [0.717, 1.165) is 11.3 Å². The van der Waals surface area contributed by atoms with Gasteiger partial charge in [0.2, 0.25) is 0 Å². The van der Waals surface area contributed by atoms with Gasteiger partial charge < -0.3 is 8.80 Å². The Morgan fingerprint density at radius 1 is 0.500 bits per heavy atom. The number of para-hydroxylation sites is 3. The lowest BCUT2D eigenvalue weighted by molar-refractivity contribution is 1.27. The molecule has 0 amide bonds. The fourth-order valence-corrected chi connectivity index (χ4v) is 6.26. The molecular formula is C30H18N2. The van der Waals surface area contributed by atoms with Crippen LogP contribution in [0, 0.1) is 0 Å². The van der Waals surface area contributed by atoms with Crippen LogP contribution in [0.2, 0.25) is 0 Å². The highest BCUT2D eigenvalue weighted by Crippen LogP contribution is 2.51. The van der Waals surface area contributed by atoms with Crippen LogP contribution >= 0.6 is 0 Å². The zero-order valence-corrected chi connectivity index (χ0v) is 17.4. The minimum Gasteiger partial charge on any atom is -0.308 e. The molecule has 0 aliphatic carbocycles. The Balaban J connectivity index is 1.94. The third-order valence-corrected chi connectivity index (χ3v) is 7.32. The van der Waals surface area contributed by atoms with Gasteiger partial charge in [-0.1, -0.05) is 73.8 Å². The van der Waals surface area contributed by atoms with E-state index in [9.17, 15) is 0 Å². The van der Waals surface area contributed by atoms with Crippen molar-refractivity contribution in [2.75, 3.05) is 0 Å². The number of benzene rings is 4. The zero-order chi connectivity index (χ0) is 21.1. The minimum atomic E-state index is 1.12. The Morgan fingerprint density at radius 2 is 0.938 bits per heavy atom. The van der Waals surface area contributed by atoms with E-state index in [0.29, 0.717) is 0 Å². The van der Waals surface area contributed by atoms with Gasteiger partial charge in [-0.25, -0.2) is 0 Å². The van der Waals surface area contributed by atoms with Gasteiger partial charge in [-0.3, -0.25) is 0 Å². The summed E-state index contributed by atoms with van der Waals surface area (Å²) in [5, 5.41) is 9.15. The maximum atomic E-state index is 4.22. The summed E-state index contributed by atoms with van der Waals surface area (Å²) in [6.45, 7) is 8.40. The van der Waals surface area contributed by atoms with Gasteiger partial charge in [-0.05, 0) is 24.3 Å². The van der Waals surface area contributed by atoms with Crippen LogP contribution < -0.4 is 0 Å². The Morgan fingerprint density at radius 3 is 1.44 bits per heavy atom. The van der Waals surface area contributed by atoms with Crippen molar-refractivity contribution in [3.63, 3.8) is 0 Å². The number of hydrogen-bond donors (Lipinski definition) is 0. The van der Waals surface area contributed by atoms with Crippen LogP contribution in [0.4, 0.5) is 0 Å². The molecule has 8 aromatic rings. The lowest BCUT2D eigenvalue weighted by atomic mass is 9.97. The average Bonchev–Trinajstić information content (AvgIpc) is 3.55. The highest BCUT2D eigenvalue weighted by molar-refractivity contribution is 6.42. The molecule has 0 fully saturated rings. The van der Waals surface area contributed by atoms with Crippen molar-refractivity contribution in [3.05, 3.63) is 97.2 Å². The van der Waals surface area contributed by atoms with Crippen molar-refractivity contribution in [1.82, 2.24) is 8.80 Å². The number of hydrogen-bond acceptors (Lipinski definition) is 0. The molecule has 0 atom stereocenters. The van der Waals surface area contributed by atoms with E-state index in [1.807, 2.05) is 12.2 Å². The van der Waals surface area contributed by atoms with Crippen molar-refractivity contribution in [2.24, 2.45) is 0 Å². The summed E-state index contributed by atoms with van der Waals surface area (Å²) in [7, 11) is 0. The Hall–Kier alpha value is -4.30. The Bertz CT molecular complexity index is 2060. The van der Waals surface area contributed by atoms with E-state index in [2.05, 4.69) is 94.8 Å². The third kappa shape index (κ3) is 1.55. The molecule has 0 bridgehead atoms. The zero-order valence-electron chi connectivity index (χ0n) is 17.4. The van der Waals surface area contributed by atoms with E-state index in [1.165, 1.54) is 65.3 Å². The molecule has 0 spiro atoms. The van der Waals surface area contributed by atoms with Gasteiger partial charge in [0.25, 0.3) is 0 Å². The average molecular weight is 406 g/mol. The molecule has 2 heteroatoms. The van der Waals surface area contributed by atoms with Gasteiger partial charge in [0.1, 0.15) is 0 Å². The fourth-order valence-electron chi connectivity index (χ4n) is 6.26. The normalized spacial score (nSPS) is 12.6. The summed E-state index contributed by atoms with van der Waals surface area (Å²) >= 11 is 0. The molecule has 32 heavy (non-hydrogen) atoms. The maximum absolute atomic E-state index is 4.22. The Kier molecular flexibility index (Phi) is 2.71. The number of aromatic nitrogens is 2. The van der Waals surface area contributed by atoms with E-state index in [-0.39, 0.29) is 0 Å². The molecule has 0 N–H and O–H groups in total. The van der Waals surface area contributed by atoms with E-state index in [1.54, 1.807) is 0 Å². The van der Waals surface area contributed by atoms with E-state index >= 15 is 0 Å². The largest absolute Gasteiger partial charge is 0.308 e. The molecule has 0 unspecified atom stereocenters. The first-order valence-corrected chi connectivity index (χ1v) is 11.0. The lowest BCUT2D eigenvalue weighted by Crippen LogP contribution is -1.84. The van der Waals surface area contributed by atoms with Crippen molar-refractivity contribution < 1.29 is 0 Å². The summed E-state index contributed by atoms with van der Waals surface area (Å²) < 4.78 is 4.86. The second-order valence-electron chi connectivity index (χ2n) is 8.63. The maximum Gasteiger partial charge on any atom is 0.0634 e. The van der Waals surface area contributed by atoms with Gasteiger partial charge in [0, 0.05) is 43.3 Å². The van der Waals surface area contributed by atoms with Gasteiger partial charge in [0.15, 0.2) is 0 Å². The minimum absolute atomic E-state index is 1.12. The summed E-state index contributed by atoms with van der Waals surface area (Å²) in [6, 6.07) is 26.3. The number of rotatable bonds is 2. The quantitative estimate of drug-likeness (QED) is 0.274. The van der Waals surface area contributed by atoms with Gasteiger partial charge in [-0.15, -0.1) is 0 Å². The van der Waals surface area contributed by atoms with Gasteiger partial charge in [-0.2, -0.15) is 0 Å². The van der Waals surface area contributed by atoms with Gasteiger partial charge in [0.05, 0.1) is 33.3 Å². The van der Waals surface area contributed by atoms with Crippen LogP contribution in [-0.2, 0) is 0 Å². The van der Waals surface area contributed by atoms with Crippen LogP contribution in [0.3, 0.4) is 0 Å². The van der Waals surface area contributed by atoms with Crippen molar-refractivity contribution in [2.45, 2.75) is 0 Å². The second-order valence-corrected chi connectivity index (χ2v) is 8.63. The molecule has 0 aliphatic heterocycles. The highest BCUT2D eigenvalue weighted by Gasteiger charge is 2.28. The first-order chi connectivity index (χ1) is 15.8. The van der Waals surface area contributed by atoms with E-state index < -0.39 is 0 Å². The van der Waals surface area contributed by atoms with Crippen LogP contribution in [0.15, 0.2) is 86.0 Å². The van der Waals surface area contributed by atoms with Crippen molar-refractivity contribution in [3.8, 4) is 0 Å². The molecule has 0 aliphatic rings. The topological polar surface area (TPSA) is 8.82 Å². The monoisotopic (exact) mass is 406 g/mol. The summed E-state index contributed by atoms with van der Waals surface area (Å²) in [5.41, 5.74) is 8.60. The second kappa shape index (κ2) is 5.30. The van der Waals surface area contributed by atoms with Crippen LogP contribution in [-0.4, -0.2) is 8.80 Å². The molecular weight excluding hydrogens is 388 g/mol. The molecule has 8 rings (SSSR count). The molecule has 148 valence electrons. The summed E-state index contributed by atoms with van der Waals surface area (Å²) in [4.78, 5) is 0. The van der Waals surface area contributed by atoms with Gasteiger partial charge >= 0.3 is 0 Å². The molecule has 0 saturated heterocycles. The van der Waals surface area contributed by atoms with E-state index in [4.69, 9.17) is 0 Å². The lowest BCUT2D eigenvalue weighted by Gasteiger charge is -2.03. The number of fused-ring (bicyclic) bond motifs is 11. The number of nitrogens with zero attached hydrogens (tertiary/aromatic N) is 2.